The maximum absolute atomic E-state index is 13.9. The molecular formula is C33H30ClFN4O2S. The minimum absolute atomic E-state index is 0.0898. The monoisotopic (exact) mass is 600 g/mol. The number of thiazole rings is 1. The van der Waals surface area contributed by atoms with E-state index in [1.54, 1.807) is 23.5 Å². The summed E-state index contributed by atoms with van der Waals surface area (Å²) in [5, 5.41) is 13.6. The third kappa shape index (κ3) is 5.85. The zero-order valence-corrected chi connectivity index (χ0v) is 24.8. The largest absolute Gasteiger partial charge is 0.477 e. The van der Waals surface area contributed by atoms with E-state index < -0.39 is 11.5 Å². The van der Waals surface area contributed by atoms with Crippen molar-refractivity contribution in [2.24, 2.45) is 5.41 Å². The van der Waals surface area contributed by atoms with E-state index in [0.29, 0.717) is 56.2 Å². The first kappa shape index (κ1) is 28.2. The second-order valence-electron chi connectivity index (χ2n) is 11.0. The lowest BCUT2D eigenvalue weighted by Crippen LogP contribution is -2.53. The van der Waals surface area contributed by atoms with E-state index in [4.69, 9.17) is 16.3 Å². The minimum atomic E-state index is -0.709. The first-order valence-corrected chi connectivity index (χ1v) is 15.2. The Morgan fingerprint density at radius 2 is 1.88 bits per heavy atom. The van der Waals surface area contributed by atoms with E-state index >= 15 is 0 Å². The molecule has 0 radical (unpaired) electrons. The van der Waals surface area contributed by atoms with Crippen LogP contribution in [-0.2, 0) is 17.8 Å². The van der Waals surface area contributed by atoms with Crippen LogP contribution >= 0.6 is 22.9 Å². The molecule has 9 heteroatoms. The van der Waals surface area contributed by atoms with E-state index in [-0.39, 0.29) is 11.7 Å². The molecule has 1 saturated heterocycles. The van der Waals surface area contributed by atoms with Gasteiger partial charge in [0.25, 0.3) is 5.91 Å². The van der Waals surface area contributed by atoms with Gasteiger partial charge in [-0.3, -0.25) is 4.79 Å². The van der Waals surface area contributed by atoms with Crippen molar-refractivity contribution in [1.82, 2.24) is 9.88 Å². The van der Waals surface area contributed by atoms with Crippen molar-refractivity contribution >= 4 is 34.5 Å². The Bertz CT molecular complexity index is 1630. The average molecular weight is 601 g/mol. The second kappa shape index (κ2) is 11.7. The number of fused-ring (bicyclic) bond motifs is 1. The van der Waals surface area contributed by atoms with Gasteiger partial charge in [-0.05, 0) is 61.6 Å². The highest BCUT2D eigenvalue weighted by molar-refractivity contribution is 7.09. The van der Waals surface area contributed by atoms with Crippen LogP contribution in [0.4, 0.5) is 10.1 Å². The average Bonchev–Trinajstić information content (AvgIpc) is 3.44. The second-order valence-corrected chi connectivity index (χ2v) is 12.5. The lowest BCUT2D eigenvalue weighted by molar-refractivity contribution is -0.140. The summed E-state index contributed by atoms with van der Waals surface area (Å²) in [6.45, 7) is 3.85. The molecule has 214 valence electrons. The van der Waals surface area contributed by atoms with Crippen LogP contribution in [0, 0.1) is 29.5 Å². The van der Waals surface area contributed by atoms with Gasteiger partial charge in [0.05, 0.1) is 39.4 Å². The molecular weight excluding hydrogens is 571 g/mol. The molecule has 0 saturated carbocycles. The summed E-state index contributed by atoms with van der Waals surface area (Å²) in [5.41, 5.74) is 3.83. The summed E-state index contributed by atoms with van der Waals surface area (Å²) in [5.74, 6) is 0.213. The van der Waals surface area contributed by atoms with E-state index in [1.165, 1.54) is 12.1 Å². The number of hydrogen-bond acceptors (Lipinski definition) is 6. The van der Waals surface area contributed by atoms with Crippen molar-refractivity contribution in [2.45, 2.75) is 38.8 Å². The number of amides is 1. The van der Waals surface area contributed by atoms with Crippen molar-refractivity contribution in [2.75, 3.05) is 24.5 Å². The fraction of sp³-hybridized carbons (Fsp3) is 0.303. The molecule has 2 aliphatic rings. The molecule has 0 spiro atoms. The number of carbonyl (C=O) groups is 1. The minimum Gasteiger partial charge on any atom is -0.477 e. The molecule has 0 N–H and O–H groups in total. The molecule has 1 unspecified atom stereocenters. The molecule has 1 amide bonds. The Morgan fingerprint density at radius 1 is 1.14 bits per heavy atom. The summed E-state index contributed by atoms with van der Waals surface area (Å²) in [6.07, 6.45) is 0.919. The normalized spacial score (nSPS) is 17.7. The van der Waals surface area contributed by atoms with Gasteiger partial charge in [0.15, 0.2) is 6.10 Å². The summed E-state index contributed by atoms with van der Waals surface area (Å²) in [7, 11) is 0. The Balaban J connectivity index is 1.23. The van der Waals surface area contributed by atoms with Gasteiger partial charge in [-0.25, -0.2) is 9.37 Å². The molecule has 42 heavy (non-hydrogen) atoms. The lowest BCUT2D eigenvalue weighted by atomic mass is 9.75. The molecule has 2 aliphatic heterocycles. The zero-order chi connectivity index (χ0) is 29.3. The maximum atomic E-state index is 13.9. The first-order chi connectivity index (χ1) is 20.3. The van der Waals surface area contributed by atoms with Crippen LogP contribution in [0.5, 0.6) is 5.75 Å². The van der Waals surface area contributed by atoms with E-state index in [1.807, 2.05) is 47.5 Å². The van der Waals surface area contributed by atoms with Crippen LogP contribution < -0.4 is 9.64 Å². The highest BCUT2D eigenvalue weighted by Crippen LogP contribution is 2.43. The molecule has 1 atom stereocenters. The van der Waals surface area contributed by atoms with Gasteiger partial charge in [0.1, 0.15) is 11.6 Å². The van der Waals surface area contributed by atoms with E-state index in [9.17, 15) is 14.4 Å². The Kier molecular flexibility index (Phi) is 7.89. The quantitative estimate of drug-likeness (QED) is 0.237. The summed E-state index contributed by atoms with van der Waals surface area (Å²) >= 11 is 8.32. The van der Waals surface area contributed by atoms with E-state index in [2.05, 4.69) is 28.1 Å². The van der Waals surface area contributed by atoms with Gasteiger partial charge >= 0.3 is 0 Å². The van der Waals surface area contributed by atoms with Crippen LogP contribution in [0.3, 0.4) is 0 Å². The number of ether oxygens (including phenoxy) is 1. The predicted molar refractivity (Wildman–Crippen MR) is 163 cm³/mol. The van der Waals surface area contributed by atoms with Gasteiger partial charge in [0.2, 0.25) is 0 Å². The van der Waals surface area contributed by atoms with Gasteiger partial charge in [-0.1, -0.05) is 54.1 Å². The standard InChI is InChI=1S/C33H30ClFN4O2S/c1-22-37-28(20-42-22)26-15-30-29(16-27(26)34)39(18-24-5-3-2-4-6-24)19-31(41-30)32(40)38-13-11-33(21-36,12-14-38)17-23-7-9-25(35)10-8-23/h2-10,15-16,20,31H,11-14,17-19H2,1H3. The van der Waals surface area contributed by atoms with Gasteiger partial charge in [-0.15, -0.1) is 11.3 Å². The number of carbonyl (C=O) groups excluding carboxylic acids is 1. The number of hydrogen-bond donors (Lipinski definition) is 0. The topological polar surface area (TPSA) is 69.5 Å². The number of likely N-dealkylation sites (tertiary alicyclic amines) is 1. The van der Waals surface area contributed by atoms with E-state index in [0.717, 1.165) is 33.1 Å². The van der Waals surface area contributed by atoms with Crippen LogP contribution in [0.2, 0.25) is 5.02 Å². The van der Waals surface area contributed by atoms with Gasteiger partial charge < -0.3 is 14.5 Å². The zero-order valence-electron chi connectivity index (χ0n) is 23.2. The number of nitrogens with zero attached hydrogens (tertiary/aromatic N) is 4. The van der Waals surface area contributed by atoms with Crippen LogP contribution in [0.25, 0.3) is 11.3 Å². The lowest BCUT2D eigenvalue weighted by Gasteiger charge is -2.41. The number of halogens is 2. The maximum Gasteiger partial charge on any atom is 0.265 e. The predicted octanol–water partition coefficient (Wildman–Crippen LogP) is 7.05. The molecule has 6 nitrogen and oxygen atoms in total. The molecule has 3 heterocycles. The van der Waals surface area contributed by atoms with Gasteiger partial charge in [0, 0.05) is 30.6 Å². The molecule has 0 bridgehead atoms. The Morgan fingerprint density at radius 3 is 2.55 bits per heavy atom. The molecule has 6 rings (SSSR count). The van der Waals surface area contributed by atoms with Crippen molar-refractivity contribution in [3.8, 4) is 23.1 Å². The summed E-state index contributed by atoms with van der Waals surface area (Å²) in [6, 6.07) is 22.7. The molecule has 0 aliphatic carbocycles. The highest BCUT2D eigenvalue weighted by atomic mass is 35.5. The van der Waals surface area contributed by atoms with Crippen molar-refractivity contribution < 1.29 is 13.9 Å². The molecule has 3 aromatic carbocycles. The Hall–Kier alpha value is -3.93. The number of aryl methyl sites for hydroxylation is 1. The van der Waals surface area contributed by atoms with Crippen molar-refractivity contribution in [1.29, 1.82) is 5.26 Å². The van der Waals surface area contributed by atoms with Crippen LogP contribution in [0.15, 0.2) is 72.1 Å². The highest BCUT2D eigenvalue weighted by Gasteiger charge is 2.40. The number of aromatic nitrogens is 1. The third-order valence-corrected chi connectivity index (χ3v) is 9.24. The smallest absolute Gasteiger partial charge is 0.265 e. The molecule has 1 fully saturated rings. The number of benzene rings is 3. The third-order valence-electron chi connectivity index (χ3n) is 8.16. The number of piperidine rings is 1. The fourth-order valence-corrected chi connectivity index (χ4v) is 6.69. The van der Waals surface area contributed by atoms with Crippen LogP contribution in [0.1, 0.15) is 29.0 Å². The molecule has 4 aromatic rings. The van der Waals surface area contributed by atoms with Crippen molar-refractivity contribution in [3.63, 3.8) is 0 Å². The SMILES string of the molecule is Cc1nc(-c2cc3c(cc2Cl)N(Cc2ccccc2)CC(C(=O)N2CCC(C#N)(Cc4ccc(F)cc4)CC2)O3)cs1. The number of rotatable bonds is 6. The molecule has 1 aromatic heterocycles. The summed E-state index contributed by atoms with van der Waals surface area (Å²) in [4.78, 5) is 22.5. The summed E-state index contributed by atoms with van der Waals surface area (Å²) < 4.78 is 19.8. The Labute approximate surface area is 253 Å². The fourth-order valence-electron chi connectivity index (χ4n) is 5.82. The van der Waals surface area contributed by atoms with Crippen molar-refractivity contribution in [3.05, 3.63) is 99.1 Å². The van der Waals surface area contributed by atoms with Crippen LogP contribution in [-0.4, -0.2) is 41.5 Å². The van der Waals surface area contributed by atoms with Gasteiger partial charge in [-0.2, -0.15) is 5.26 Å². The number of anilines is 1. The number of nitriles is 1. The first-order valence-electron chi connectivity index (χ1n) is 14.0.